The maximum atomic E-state index is 13.3. The smallest absolute Gasteiger partial charge is 0.410 e. The highest BCUT2D eigenvalue weighted by Gasteiger charge is 2.35. The van der Waals surface area contributed by atoms with E-state index in [1.54, 1.807) is 17.0 Å². The Labute approximate surface area is 159 Å². The van der Waals surface area contributed by atoms with Crippen molar-refractivity contribution in [3.8, 4) is 0 Å². The van der Waals surface area contributed by atoms with Crippen molar-refractivity contribution < 1.29 is 18.7 Å². The van der Waals surface area contributed by atoms with Gasteiger partial charge in [0.25, 0.3) is 0 Å². The molecule has 27 heavy (non-hydrogen) atoms. The third kappa shape index (κ3) is 5.42. The Morgan fingerprint density at radius 2 is 1.70 bits per heavy atom. The number of rotatable bonds is 4. The molecule has 6 nitrogen and oxygen atoms in total. The molecule has 1 N–H and O–H groups in total. The summed E-state index contributed by atoms with van der Waals surface area (Å²) in [7, 11) is 0. The third-order valence-electron chi connectivity index (χ3n) is 4.69. The van der Waals surface area contributed by atoms with Crippen molar-refractivity contribution in [3.63, 3.8) is 0 Å². The van der Waals surface area contributed by atoms with E-state index in [9.17, 15) is 14.0 Å². The second-order valence-electron chi connectivity index (χ2n) is 8.24. The molecule has 1 saturated carbocycles. The predicted octanol–water partition coefficient (Wildman–Crippen LogP) is 2.70. The van der Waals surface area contributed by atoms with Gasteiger partial charge in [0.05, 0.1) is 0 Å². The molecular formula is C20H28FN3O3. The summed E-state index contributed by atoms with van der Waals surface area (Å²) in [6.45, 7) is 7.61. The topological polar surface area (TPSA) is 61.9 Å². The van der Waals surface area contributed by atoms with E-state index in [4.69, 9.17) is 4.74 Å². The van der Waals surface area contributed by atoms with Crippen LogP contribution in [0.2, 0.25) is 0 Å². The standard InChI is InChI=1S/C20H28FN3O3/c1-20(2,3)27-19(26)24-12-10-23(11-13-24)17(18(25)22-16-8-9-16)14-4-6-15(21)7-5-14/h4-7,16-17H,8-13H2,1-3H3,(H,22,25). The normalized spacial score (nSPS) is 19.5. The fraction of sp³-hybridized carbons (Fsp3) is 0.600. The number of piperazine rings is 1. The minimum Gasteiger partial charge on any atom is -0.444 e. The molecule has 0 spiro atoms. The van der Waals surface area contributed by atoms with Crippen LogP contribution in [0.25, 0.3) is 0 Å². The Kier molecular flexibility index (Phi) is 5.69. The van der Waals surface area contributed by atoms with E-state index < -0.39 is 11.6 Å². The number of carbonyl (C=O) groups excluding carboxylic acids is 2. The third-order valence-corrected chi connectivity index (χ3v) is 4.69. The molecule has 1 aromatic carbocycles. The highest BCUT2D eigenvalue weighted by molar-refractivity contribution is 5.83. The van der Waals surface area contributed by atoms with Crippen molar-refractivity contribution in [2.75, 3.05) is 26.2 Å². The molecule has 0 aromatic heterocycles. The minimum absolute atomic E-state index is 0.0603. The lowest BCUT2D eigenvalue weighted by Crippen LogP contribution is -2.53. The molecule has 1 aliphatic carbocycles. The molecule has 3 rings (SSSR count). The molecule has 0 radical (unpaired) electrons. The van der Waals surface area contributed by atoms with Crippen molar-refractivity contribution in [1.82, 2.24) is 15.1 Å². The summed E-state index contributed by atoms with van der Waals surface area (Å²) in [6.07, 6.45) is 1.69. The van der Waals surface area contributed by atoms with Gasteiger partial charge in [-0.3, -0.25) is 9.69 Å². The predicted molar refractivity (Wildman–Crippen MR) is 99.7 cm³/mol. The molecular weight excluding hydrogens is 349 g/mol. The van der Waals surface area contributed by atoms with Gasteiger partial charge in [-0.2, -0.15) is 0 Å². The number of nitrogens with zero attached hydrogens (tertiary/aromatic N) is 2. The van der Waals surface area contributed by atoms with E-state index in [2.05, 4.69) is 5.32 Å². The van der Waals surface area contributed by atoms with Gasteiger partial charge < -0.3 is 15.0 Å². The highest BCUT2D eigenvalue weighted by Crippen LogP contribution is 2.26. The maximum Gasteiger partial charge on any atom is 0.410 e. The fourth-order valence-electron chi connectivity index (χ4n) is 3.17. The second kappa shape index (κ2) is 7.84. The van der Waals surface area contributed by atoms with Gasteiger partial charge in [-0.05, 0) is 51.3 Å². The monoisotopic (exact) mass is 377 g/mol. The van der Waals surface area contributed by atoms with Crippen LogP contribution in [0.1, 0.15) is 45.2 Å². The summed E-state index contributed by atoms with van der Waals surface area (Å²) in [6, 6.07) is 5.85. The van der Waals surface area contributed by atoms with Crippen molar-refractivity contribution in [2.45, 2.75) is 51.3 Å². The average molecular weight is 377 g/mol. The van der Waals surface area contributed by atoms with Crippen molar-refractivity contribution in [2.24, 2.45) is 0 Å². The summed E-state index contributed by atoms with van der Waals surface area (Å²) in [4.78, 5) is 28.8. The summed E-state index contributed by atoms with van der Waals surface area (Å²) >= 11 is 0. The Morgan fingerprint density at radius 1 is 1.11 bits per heavy atom. The fourth-order valence-corrected chi connectivity index (χ4v) is 3.17. The number of hydrogen-bond donors (Lipinski definition) is 1. The Morgan fingerprint density at radius 3 is 2.22 bits per heavy atom. The van der Waals surface area contributed by atoms with E-state index in [1.807, 2.05) is 25.7 Å². The zero-order valence-electron chi connectivity index (χ0n) is 16.2. The van der Waals surface area contributed by atoms with Crippen LogP contribution in [0.5, 0.6) is 0 Å². The van der Waals surface area contributed by atoms with Gasteiger partial charge in [0.2, 0.25) is 5.91 Å². The molecule has 1 saturated heterocycles. The SMILES string of the molecule is CC(C)(C)OC(=O)N1CCN(C(C(=O)NC2CC2)c2ccc(F)cc2)CC1. The van der Waals surface area contributed by atoms with Crippen LogP contribution in [0, 0.1) is 5.82 Å². The van der Waals surface area contributed by atoms with Crippen molar-refractivity contribution in [1.29, 1.82) is 0 Å². The van der Waals surface area contributed by atoms with E-state index >= 15 is 0 Å². The molecule has 2 aliphatic rings. The molecule has 148 valence electrons. The summed E-state index contributed by atoms with van der Waals surface area (Å²) in [5.74, 6) is -0.385. The Bertz CT molecular complexity index is 675. The van der Waals surface area contributed by atoms with E-state index in [-0.39, 0.29) is 23.9 Å². The van der Waals surface area contributed by atoms with Crippen LogP contribution >= 0.6 is 0 Å². The molecule has 1 atom stereocenters. The number of carbonyl (C=O) groups is 2. The summed E-state index contributed by atoms with van der Waals surface area (Å²) in [5, 5.41) is 3.05. The highest BCUT2D eigenvalue weighted by atomic mass is 19.1. The number of ether oxygens (including phenoxy) is 1. The molecule has 2 amide bonds. The Balaban J connectivity index is 1.67. The lowest BCUT2D eigenvalue weighted by atomic mass is 10.0. The molecule has 1 heterocycles. The number of hydrogen-bond acceptors (Lipinski definition) is 4. The lowest BCUT2D eigenvalue weighted by molar-refractivity contribution is -0.127. The Hall–Kier alpha value is -2.15. The van der Waals surface area contributed by atoms with Crippen molar-refractivity contribution >= 4 is 12.0 Å². The van der Waals surface area contributed by atoms with E-state index in [1.165, 1.54) is 12.1 Å². The molecule has 0 bridgehead atoms. The van der Waals surface area contributed by atoms with Crippen molar-refractivity contribution in [3.05, 3.63) is 35.6 Å². The van der Waals surface area contributed by atoms with Gasteiger partial charge in [-0.15, -0.1) is 0 Å². The zero-order chi connectivity index (χ0) is 19.6. The van der Waals surface area contributed by atoms with Gasteiger partial charge in [-0.1, -0.05) is 12.1 Å². The minimum atomic E-state index is -0.533. The van der Waals surface area contributed by atoms with Crippen LogP contribution in [0.4, 0.5) is 9.18 Å². The first-order valence-corrected chi connectivity index (χ1v) is 9.51. The maximum absolute atomic E-state index is 13.3. The first kappa shape index (κ1) is 19.6. The van der Waals surface area contributed by atoms with Crippen LogP contribution in [-0.4, -0.2) is 59.6 Å². The van der Waals surface area contributed by atoms with Gasteiger partial charge >= 0.3 is 6.09 Å². The van der Waals surface area contributed by atoms with Crippen LogP contribution < -0.4 is 5.32 Å². The summed E-state index contributed by atoms with van der Waals surface area (Å²) < 4.78 is 18.7. The molecule has 2 fully saturated rings. The summed E-state index contributed by atoms with van der Waals surface area (Å²) in [5.41, 5.74) is 0.231. The average Bonchev–Trinajstić information content (AvgIpc) is 3.40. The van der Waals surface area contributed by atoms with Crippen LogP contribution in [0.15, 0.2) is 24.3 Å². The first-order chi connectivity index (χ1) is 12.7. The number of halogens is 1. The van der Waals surface area contributed by atoms with E-state index in [0.717, 1.165) is 18.4 Å². The molecule has 1 aliphatic heterocycles. The molecule has 1 aromatic rings. The first-order valence-electron chi connectivity index (χ1n) is 9.51. The second-order valence-corrected chi connectivity index (χ2v) is 8.24. The number of benzene rings is 1. The zero-order valence-corrected chi connectivity index (χ0v) is 16.2. The molecule has 1 unspecified atom stereocenters. The van der Waals surface area contributed by atoms with Gasteiger partial charge in [-0.25, -0.2) is 9.18 Å². The number of nitrogens with one attached hydrogen (secondary N) is 1. The van der Waals surface area contributed by atoms with Gasteiger partial charge in [0.15, 0.2) is 0 Å². The molecule has 7 heteroatoms. The van der Waals surface area contributed by atoms with E-state index in [0.29, 0.717) is 26.2 Å². The van der Waals surface area contributed by atoms with Gasteiger partial charge in [0.1, 0.15) is 17.5 Å². The van der Waals surface area contributed by atoms with Crippen LogP contribution in [0.3, 0.4) is 0 Å². The quantitative estimate of drug-likeness (QED) is 0.876. The largest absolute Gasteiger partial charge is 0.444 e. The number of amides is 2. The van der Waals surface area contributed by atoms with Gasteiger partial charge in [0, 0.05) is 32.2 Å². The lowest BCUT2D eigenvalue weighted by Gasteiger charge is -2.39. The van der Waals surface area contributed by atoms with Crippen LogP contribution in [-0.2, 0) is 9.53 Å².